The minimum Gasteiger partial charge on any atom is -0.356 e. The fourth-order valence-electron chi connectivity index (χ4n) is 1.98. The summed E-state index contributed by atoms with van der Waals surface area (Å²) < 4.78 is 12.8. The summed E-state index contributed by atoms with van der Waals surface area (Å²) in [4.78, 5) is 11.8. The zero-order valence-electron chi connectivity index (χ0n) is 15.2. The van der Waals surface area contributed by atoms with Crippen LogP contribution in [0.15, 0.2) is 39.5 Å². The number of guanidine groups is 1. The van der Waals surface area contributed by atoms with E-state index in [0.717, 1.165) is 40.4 Å². The van der Waals surface area contributed by atoms with E-state index in [1.165, 1.54) is 12.1 Å². The van der Waals surface area contributed by atoms with Crippen molar-refractivity contribution in [3.05, 3.63) is 41.2 Å². The summed E-state index contributed by atoms with van der Waals surface area (Å²) in [6.07, 6.45) is 0.990. The molecule has 0 radical (unpaired) electrons. The molecule has 1 aromatic heterocycles. The van der Waals surface area contributed by atoms with Gasteiger partial charge in [-0.15, -0.1) is 47.1 Å². The van der Waals surface area contributed by atoms with Gasteiger partial charge in [-0.3, -0.25) is 4.99 Å². The summed E-state index contributed by atoms with van der Waals surface area (Å²) in [7, 11) is 5.73. The number of nitrogens with one attached hydrogen (secondary N) is 2. The molecule has 26 heavy (non-hydrogen) atoms. The standard InChI is InChI=1S/C17H24FN5S2.HI/c1-19-16(21-11-14-12-25-17(22-14)23(2)3)20-9-4-10-24-15-7-5-13(18)6-8-15;/h5-8,12H,4,9-11H2,1-3H3,(H2,19,20,21);1H. The maximum atomic E-state index is 12.8. The predicted octanol–water partition coefficient (Wildman–Crippen LogP) is 3.81. The van der Waals surface area contributed by atoms with Gasteiger partial charge in [-0.25, -0.2) is 9.37 Å². The van der Waals surface area contributed by atoms with E-state index < -0.39 is 0 Å². The molecule has 0 saturated carbocycles. The molecule has 0 saturated heterocycles. The second kappa shape index (κ2) is 12.3. The van der Waals surface area contributed by atoms with E-state index in [4.69, 9.17) is 0 Å². The van der Waals surface area contributed by atoms with Crippen molar-refractivity contribution in [1.82, 2.24) is 15.6 Å². The number of halogens is 2. The first-order chi connectivity index (χ1) is 12.1. The summed E-state index contributed by atoms with van der Waals surface area (Å²) >= 11 is 3.35. The highest BCUT2D eigenvalue weighted by Gasteiger charge is 2.04. The van der Waals surface area contributed by atoms with Crippen molar-refractivity contribution in [3.63, 3.8) is 0 Å². The monoisotopic (exact) mass is 509 g/mol. The first kappa shape index (κ1) is 23.0. The molecule has 1 aromatic carbocycles. The second-order valence-corrected chi connectivity index (χ2v) is 7.53. The maximum absolute atomic E-state index is 12.8. The van der Waals surface area contributed by atoms with Gasteiger partial charge in [-0.1, -0.05) is 0 Å². The third-order valence-electron chi connectivity index (χ3n) is 3.28. The molecule has 0 fully saturated rings. The summed E-state index contributed by atoms with van der Waals surface area (Å²) in [6, 6.07) is 6.60. The lowest BCUT2D eigenvalue weighted by molar-refractivity contribution is 0.626. The number of benzene rings is 1. The molecular formula is C17H25FIN5S2. The van der Waals surface area contributed by atoms with E-state index in [9.17, 15) is 4.39 Å². The Morgan fingerprint density at radius 1 is 1.27 bits per heavy atom. The van der Waals surface area contributed by atoms with Gasteiger partial charge >= 0.3 is 0 Å². The van der Waals surface area contributed by atoms with Crippen LogP contribution >= 0.6 is 47.1 Å². The van der Waals surface area contributed by atoms with Crippen LogP contribution in [0.4, 0.5) is 9.52 Å². The Kier molecular flexibility index (Phi) is 10.9. The highest BCUT2D eigenvalue weighted by molar-refractivity contribution is 14.0. The first-order valence-electron chi connectivity index (χ1n) is 8.03. The molecule has 5 nitrogen and oxygen atoms in total. The molecule has 0 aliphatic heterocycles. The predicted molar refractivity (Wildman–Crippen MR) is 122 cm³/mol. The van der Waals surface area contributed by atoms with Crippen LogP contribution < -0.4 is 15.5 Å². The Bertz CT molecular complexity index is 676. The van der Waals surface area contributed by atoms with Crippen molar-refractivity contribution < 1.29 is 4.39 Å². The van der Waals surface area contributed by atoms with E-state index in [-0.39, 0.29) is 29.8 Å². The molecular weight excluding hydrogens is 484 g/mol. The van der Waals surface area contributed by atoms with Crippen molar-refractivity contribution in [2.24, 2.45) is 4.99 Å². The number of aromatic nitrogens is 1. The molecule has 0 bridgehead atoms. The van der Waals surface area contributed by atoms with Gasteiger partial charge in [0.15, 0.2) is 11.1 Å². The largest absolute Gasteiger partial charge is 0.356 e. The zero-order valence-corrected chi connectivity index (χ0v) is 19.1. The molecule has 144 valence electrons. The van der Waals surface area contributed by atoms with Crippen LogP contribution in [-0.4, -0.2) is 44.4 Å². The number of rotatable bonds is 8. The van der Waals surface area contributed by atoms with Crippen molar-refractivity contribution in [2.75, 3.05) is 38.3 Å². The average molecular weight is 509 g/mol. The number of nitrogens with zero attached hydrogens (tertiary/aromatic N) is 3. The van der Waals surface area contributed by atoms with E-state index in [0.29, 0.717) is 6.54 Å². The molecule has 9 heteroatoms. The number of thioether (sulfide) groups is 1. The normalized spacial score (nSPS) is 11.0. The Labute approximate surface area is 179 Å². The third kappa shape index (κ3) is 8.09. The van der Waals surface area contributed by atoms with Gasteiger partial charge in [-0.2, -0.15) is 0 Å². The minimum absolute atomic E-state index is 0. The fourth-order valence-corrected chi connectivity index (χ4v) is 3.59. The Hall–Kier alpha value is -1.07. The third-order valence-corrected chi connectivity index (χ3v) is 5.43. The smallest absolute Gasteiger partial charge is 0.191 e. The summed E-state index contributed by atoms with van der Waals surface area (Å²) in [6.45, 7) is 1.47. The number of hydrogen-bond acceptors (Lipinski definition) is 5. The van der Waals surface area contributed by atoms with Gasteiger partial charge in [0.2, 0.25) is 0 Å². The number of aliphatic imine (C=N–C) groups is 1. The molecule has 0 atom stereocenters. The van der Waals surface area contributed by atoms with Crippen LogP contribution in [0, 0.1) is 5.82 Å². The molecule has 0 unspecified atom stereocenters. The minimum atomic E-state index is -0.196. The second-order valence-electron chi connectivity index (χ2n) is 5.52. The van der Waals surface area contributed by atoms with Crippen LogP contribution in [0.2, 0.25) is 0 Å². The van der Waals surface area contributed by atoms with Crippen LogP contribution in [0.1, 0.15) is 12.1 Å². The summed E-state index contributed by atoms with van der Waals surface area (Å²) in [5, 5.41) is 9.61. The molecule has 0 aliphatic carbocycles. The lowest BCUT2D eigenvalue weighted by Crippen LogP contribution is -2.37. The number of thiazole rings is 1. The van der Waals surface area contributed by atoms with Crippen molar-refractivity contribution in [3.8, 4) is 0 Å². The Morgan fingerprint density at radius 2 is 2.00 bits per heavy atom. The first-order valence-corrected chi connectivity index (χ1v) is 9.89. The lowest BCUT2D eigenvalue weighted by atomic mass is 10.4. The molecule has 2 N–H and O–H groups in total. The summed E-state index contributed by atoms with van der Waals surface area (Å²) in [5.41, 5.74) is 1.00. The van der Waals surface area contributed by atoms with Gasteiger partial charge < -0.3 is 15.5 Å². The Morgan fingerprint density at radius 3 is 2.62 bits per heavy atom. The fraction of sp³-hybridized carbons (Fsp3) is 0.412. The van der Waals surface area contributed by atoms with Crippen molar-refractivity contribution in [1.29, 1.82) is 0 Å². The number of anilines is 1. The van der Waals surface area contributed by atoms with Gasteiger partial charge in [0, 0.05) is 38.0 Å². The molecule has 0 aliphatic rings. The van der Waals surface area contributed by atoms with Crippen molar-refractivity contribution in [2.45, 2.75) is 17.9 Å². The van der Waals surface area contributed by atoms with E-state index in [1.54, 1.807) is 30.1 Å². The quantitative estimate of drug-likeness (QED) is 0.186. The van der Waals surface area contributed by atoms with Gasteiger partial charge in [-0.05, 0) is 36.4 Å². The molecule has 0 amide bonds. The Balaban J connectivity index is 0.00000338. The summed E-state index contributed by atoms with van der Waals surface area (Å²) in [5.74, 6) is 1.54. The molecule has 2 aromatic rings. The van der Waals surface area contributed by atoms with Gasteiger partial charge in [0.25, 0.3) is 0 Å². The lowest BCUT2D eigenvalue weighted by Gasteiger charge is -2.11. The highest BCUT2D eigenvalue weighted by Crippen LogP contribution is 2.19. The number of hydrogen-bond donors (Lipinski definition) is 2. The van der Waals surface area contributed by atoms with Crippen LogP contribution in [-0.2, 0) is 6.54 Å². The SMILES string of the molecule is CN=C(NCCCSc1ccc(F)cc1)NCc1csc(N(C)C)n1.I. The molecule has 2 rings (SSSR count). The van der Waals surface area contributed by atoms with Crippen molar-refractivity contribution >= 4 is 58.2 Å². The maximum Gasteiger partial charge on any atom is 0.191 e. The zero-order chi connectivity index (χ0) is 18.1. The molecule has 1 heterocycles. The van der Waals surface area contributed by atoms with E-state index >= 15 is 0 Å². The van der Waals surface area contributed by atoms with E-state index in [2.05, 4.69) is 26.0 Å². The molecule has 0 spiro atoms. The highest BCUT2D eigenvalue weighted by atomic mass is 127. The van der Waals surface area contributed by atoms with Crippen LogP contribution in [0.5, 0.6) is 0 Å². The van der Waals surface area contributed by atoms with E-state index in [1.807, 2.05) is 31.1 Å². The van der Waals surface area contributed by atoms with Crippen LogP contribution in [0.25, 0.3) is 0 Å². The van der Waals surface area contributed by atoms with Gasteiger partial charge in [0.1, 0.15) is 5.82 Å². The van der Waals surface area contributed by atoms with Gasteiger partial charge in [0.05, 0.1) is 12.2 Å². The average Bonchev–Trinajstić information content (AvgIpc) is 3.08. The van der Waals surface area contributed by atoms with Crippen LogP contribution in [0.3, 0.4) is 0 Å². The topological polar surface area (TPSA) is 52.6 Å².